The second kappa shape index (κ2) is 4.84. The zero-order valence-electron chi connectivity index (χ0n) is 8.86. The van der Waals surface area contributed by atoms with Crippen molar-refractivity contribution in [2.75, 3.05) is 14.2 Å². The van der Waals surface area contributed by atoms with Crippen LogP contribution in [-0.2, 0) is 0 Å². The fourth-order valence-corrected chi connectivity index (χ4v) is 2.56. The number of thiazole rings is 1. The molecule has 0 aliphatic rings. The number of nitrogens with zero attached hydrogens (tertiary/aromatic N) is 1. The summed E-state index contributed by atoms with van der Waals surface area (Å²) in [6.07, 6.45) is 0. The second-order valence-corrected chi connectivity index (χ2v) is 4.75. The van der Waals surface area contributed by atoms with Crippen LogP contribution in [0.1, 0.15) is 0 Å². The fraction of sp³-hybridized carbons (Fsp3) is 0.182. The minimum Gasteiger partial charge on any atom is -0.497 e. The summed E-state index contributed by atoms with van der Waals surface area (Å²) in [5.74, 6) is 1.53. The standard InChI is InChI=1S/C11H10BrNO2S/c1-14-8-3-7(4-9(5-8)15-2)11-13-10(12)6-16-11/h3-6H,1-2H3. The summed E-state index contributed by atoms with van der Waals surface area (Å²) in [6, 6.07) is 5.72. The summed E-state index contributed by atoms with van der Waals surface area (Å²) in [7, 11) is 3.27. The van der Waals surface area contributed by atoms with Gasteiger partial charge in [0.05, 0.1) is 14.2 Å². The summed E-state index contributed by atoms with van der Waals surface area (Å²) >= 11 is 4.91. The molecule has 0 saturated carbocycles. The van der Waals surface area contributed by atoms with Gasteiger partial charge in [0.15, 0.2) is 0 Å². The summed E-state index contributed by atoms with van der Waals surface area (Å²) in [6.45, 7) is 0. The lowest BCUT2D eigenvalue weighted by Gasteiger charge is -2.06. The van der Waals surface area contributed by atoms with Gasteiger partial charge in [0, 0.05) is 17.0 Å². The Kier molecular flexibility index (Phi) is 3.46. The van der Waals surface area contributed by atoms with Gasteiger partial charge in [0.25, 0.3) is 0 Å². The van der Waals surface area contributed by atoms with Gasteiger partial charge in [0.1, 0.15) is 21.1 Å². The maximum Gasteiger partial charge on any atom is 0.124 e. The number of hydrogen-bond acceptors (Lipinski definition) is 4. The Morgan fingerprint density at radius 3 is 2.19 bits per heavy atom. The first kappa shape index (κ1) is 11.4. The molecule has 0 amide bonds. The van der Waals surface area contributed by atoms with Gasteiger partial charge in [0.2, 0.25) is 0 Å². The van der Waals surface area contributed by atoms with Crippen molar-refractivity contribution >= 4 is 27.3 Å². The van der Waals surface area contributed by atoms with Crippen LogP contribution in [-0.4, -0.2) is 19.2 Å². The third-order valence-electron chi connectivity index (χ3n) is 2.07. The van der Waals surface area contributed by atoms with E-state index in [0.717, 1.165) is 26.7 Å². The lowest BCUT2D eigenvalue weighted by molar-refractivity contribution is 0.394. The monoisotopic (exact) mass is 299 g/mol. The zero-order valence-corrected chi connectivity index (χ0v) is 11.3. The normalized spacial score (nSPS) is 10.2. The average molecular weight is 300 g/mol. The molecule has 84 valence electrons. The van der Waals surface area contributed by atoms with Crippen molar-refractivity contribution in [1.29, 1.82) is 0 Å². The topological polar surface area (TPSA) is 31.4 Å². The number of hydrogen-bond donors (Lipinski definition) is 0. The molecular weight excluding hydrogens is 290 g/mol. The summed E-state index contributed by atoms with van der Waals surface area (Å²) in [5.41, 5.74) is 0.993. The van der Waals surface area contributed by atoms with E-state index in [1.54, 1.807) is 25.6 Å². The lowest BCUT2D eigenvalue weighted by atomic mass is 10.2. The van der Waals surface area contributed by atoms with Gasteiger partial charge in [-0.1, -0.05) is 0 Å². The molecule has 2 aromatic rings. The van der Waals surface area contributed by atoms with Crippen LogP contribution in [0.25, 0.3) is 10.6 Å². The Morgan fingerprint density at radius 1 is 1.12 bits per heavy atom. The molecule has 1 aromatic carbocycles. The summed E-state index contributed by atoms with van der Waals surface area (Å²) < 4.78 is 11.3. The SMILES string of the molecule is COc1cc(OC)cc(-c2nc(Br)cs2)c1. The van der Waals surface area contributed by atoms with Gasteiger partial charge in [-0.3, -0.25) is 0 Å². The van der Waals surface area contributed by atoms with Crippen LogP contribution >= 0.6 is 27.3 Å². The lowest BCUT2D eigenvalue weighted by Crippen LogP contribution is -1.88. The minimum absolute atomic E-state index is 0.765. The van der Waals surface area contributed by atoms with E-state index in [4.69, 9.17) is 9.47 Å². The molecular formula is C11H10BrNO2S. The molecule has 16 heavy (non-hydrogen) atoms. The Balaban J connectivity index is 2.47. The average Bonchev–Trinajstić information content (AvgIpc) is 2.75. The van der Waals surface area contributed by atoms with E-state index in [9.17, 15) is 0 Å². The maximum absolute atomic E-state index is 5.21. The van der Waals surface area contributed by atoms with Crippen LogP contribution < -0.4 is 9.47 Å². The highest BCUT2D eigenvalue weighted by Gasteiger charge is 2.07. The molecule has 0 aliphatic carbocycles. The van der Waals surface area contributed by atoms with Gasteiger partial charge in [-0.15, -0.1) is 11.3 Å². The van der Waals surface area contributed by atoms with Crippen molar-refractivity contribution in [1.82, 2.24) is 4.98 Å². The minimum atomic E-state index is 0.765. The van der Waals surface area contributed by atoms with Crippen LogP contribution in [0.15, 0.2) is 28.2 Å². The molecule has 0 radical (unpaired) electrons. The van der Waals surface area contributed by atoms with Crippen molar-refractivity contribution in [3.8, 4) is 22.1 Å². The molecule has 2 rings (SSSR count). The third-order valence-corrected chi connectivity index (χ3v) is 3.68. The first-order chi connectivity index (χ1) is 7.72. The molecule has 3 nitrogen and oxygen atoms in total. The second-order valence-electron chi connectivity index (χ2n) is 3.08. The van der Waals surface area contributed by atoms with Gasteiger partial charge in [-0.25, -0.2) is 4.98 Å². The molecule has 0 unspecified atom stereocenters. The molecule has 0 N–H and O–H groups in total. The van der Waals surface area contributed by atoms with Crippen LogP contribution in [0.4, 0.5) is 0 Å². The number of ether oxygens (including phenoxy) is 2. The van der Waals surface area contributed by atoms with Crippen molar-refractivity contribution in [2.24, 2.45) is 0 Å². The van der Waals surface area contributed by atoms with Crippen LogP contribution in [0.2, 0.25) is 0 Å². The molecule has 0 bridgehead atoms. The first-order valence-electron chi connectivity index (χ1n) is 4.57. The molecule has 5 heteroatoms. The highest BCUT2D eigenvalue weighted by molar-refractivity contribution is 9.10. The number of aromatic nitrogens is 1. The third kappa shape index (κ3) is 2.36. The quantitative estimate of drug-likeness (QED) is 0.868. The molecule has 1 heterocycles. The molecule has 0 spiro atoms. The molecule has 0 atom stereocenters. The fourth-order valence-electron chi connectivity index (χ4n) is 1.32. The van der Waals surface area contributed by atoms with E-state index in [2.05, 4.69) is 20.9 Å². The molecule has 0 fully saturated rings. The largest absolute Gasteiger partial charge is 0.497 e. The Hall–Kier alpha value is -1.07. The molecule has 1 aromatic heterocycles. The summed E-state index contributed by atoms with van der Waals surface area (Å²) in [5, 5.41) is 2.88. The van der Waals surface area contributed by atoms with E-state index in [-0.39, 0.29) is 0 Å². The van der Waals surface area contributed by atoms with Gasteiger partial charge < -0.3 is 9.47 Å². The van der Waals surface area contributed by atoms with Gasteiger partial charge >= 0.3 is 0 Å². The smallest absolute Gasteiger partial charge is 0.124 e. The Morgan fingerprint density at radius 2 is 1.75 bits per heavy atom. The van der Waals surface area contributed by atoms with E-state index in [1.807, 2.05) is 23.6 Å². The van der Waals surface area contributed by atoms with Crippen molar-refractivity contribution in [2.45, 2.75) is 0 Å². The number of benzene rings is 1. The van der Waals surface area contributed by atoms with Crippen molar-refractivity contribution < 1.29 is 9.47 Å². The maximum atomic E-state index is 5.21. The number of halogens is 1. The zero-order chi connectivity index (χ0) is 11.5. The first-order valence-corrected chi connectivity index (χ1v) is 6.24. The van der Waals surface area contributed by atoms with E-state index >= 15 is 0 Å². The predicted octanol–water partition coefficient (Wildman–Crippen LogP) is 3.59. The van der Waals surface area contributed by atoms with Crippen LogP contribution in [0.3, 0.4) is 0 Å². The van der Waals surface area contributed by atoms with E-state index in [0.29, 0.717) is 0 Å². The van der Waals surface area contributed by atoms with Crippen molar-refractivity contribution in [3.63, 3.8) is 0 Å². The van der Waals surface area contributed by atoms with Crippen LogP contribution in [0, 0.1) is 0 Å². The predicted molar refractivity (Wildman–Crippen MR) is 68.4 cm³/mol. The van der Waals surface area contributed by atoms with Crippen molar-refractivity contribution in [3.05, 3.63) is 28.2 Å². The number of rotatable bonds is 3. The van der Waals surface area contributed by atoms with Crippen LogP contribution in [0.5, 0.6) is 11.5 Å². The molecule has 0 saturated heterocycles. The highest BCUT2D eigenvalue weighted by atomic mass is 79.9. The Bertz CT molecular complexity index is 476. The highest BCUT2D eigenvalue weighted by Crippen LogP contribution is 2.32. The van der Waals surface area contributed by atoms with Gasteiger partial charge in [-0.2, -0.15) is 0 Å². The van der Waals surface area contributed by atoms with E-state index in [1.165, 1.54) is 0 Å². The van der Waals surface area contributed by atoms with E-state index < -0.39 is 0 Å². The molecule has 0 aliphatic heterocycles. The number of methoxy groups -OCH3 is 2. The summed E-state index contributed by atoms with van der Waals surface area (Å²) in [4.78, 5) is 4.36. The van der Waals surface area contributed by atoms with Gasteiger partial charge in [-0.05, 0) is 28.1 Å². The Labute approximate surface area is 106 Å².